The summed E-state index contributed by atoms with van der Waals surface area (Å²) in [5.74, 6) is 0. The first-order valence-electron chi connectivity index (χ1n) is 5.02. The predicted molar refractivity (Wildman–Crippen MR) is 61.0 cm³/mol. The summed E-state index contributed by atoms with van der Waals surface area (Å²) in [6, 6.07) is 7.93. The Kier molecular flexibility index (Phi) is 4.88. The van der Waals surface area contributed by atoms with E-state index in [1.165, 1.54) is 16.9 Å². The van der Waals surface area contributed by atoms with Gasteiger partial charge >= 0.3 is 6.18 Å². The Morgan fingerprint density at radius 1 is 1.26 bits per heavy atom. The standard InChI is InChI=1S/C10H10F3N3O2S/c11-10(12,13)7-16-19(17,18)15-6-9-3-1-2-8(4-9)5-14/h1-4,15-16H,6-7H2. The lowest BCUT2D eigenvalue weighted by Crippen LogP contribution is -2.41. The second-order valence-electron chi connectivity index (χ2n) is 3.57. The Labute approximate surface area is 108 Å². The van der Waals surface area contributed by atoms with Crippen LogP contribution in [0.4, 0.5) is 13.2 Å². The molecule has 0 amide bonds. The van der Waals surface area contributed by atoms with Gasteiger partial charge in [-0.2, -0.15) is 36.3 Å². The molecule has 0 aliphatic rings. The van der Waals surface area contributed by atoms with Crippen LogP contribution >= 0.6 is 0 Å². The van der Waals surface area contributed by atoms with Gasteiger partial charge < -0.3 is 0 Å². The van der Waals surface area contributed by atoms with Crippen molar-refractivity contribution in [1.29, 1.82) is 5.26 Å². The SMILES string of the molecule is N#Cc1cccc(CNS(=O)(=O)NCC(F)(F)F)c1. The Morgan fingerprint density at radius 2 is 1.95 bits per heavy atom. The smallest absolute Gasteiger partial charge is 0.198 e. The first-order valence-corrected chi connectivity index (χ1v) is 6.50. The number of alkyl halides is 3. The van der Waals surface area contributed by atoms with E-state index in [9.17, 15) is 21.6 Å². The van der Waals surface area contributed by atoms with Gasteiger partial charge in [0.15, 0.2) is 0 Å². The highest BCUT2D eigenvalue weighted by molar-refractivity contribution is 7.87. The Balaban J connectivity index is 2.58. The zero-order valence-corrected chi connectivity index (χ0v) is 10.3. The van der Waals surface area contributed by atoms with Crippen LogP contribution in [0.25, 0.3) is 0 Å². The number of hydrogen-bond donors (Lipinski definition) is 2. The van der Waals surface area contributed by atoms with Crippen LogP contribution in [-0.2, 0) is 16.8 Å². The third-order valence-corrected chi connectivity index (χ3v) is 3.03. The first-order chi connectivity index (χ1) is 8.72. The molecule has 5 nitrogen and oxygen atoms in total. The maximum atomic E-state index is 11.9. The average molecular weight is 293 g/mol. The van der Waals surface area contributed by atoms with Crippen molar-refractivity contribution < 1.29 is 21.6 Å². The second kappa shape index (κ2) is 6.01. The van der Waals surface area contributed by atoms with E-state index >= 15 is 0 Å². The second-order valence-corrected chi connectivity index (χ2v) is 5.16. The van der Waals surface area contributed by atoms with E-state index in [4.69, 9.17) is 5.26 Å². The highest BCUT2D eigenvalue weighted by atomic mass is 32.2. The lowest BCUT2D eigenvalue weighted by Gasteiger charge is -2.10. The van der Waals surface area contributed by atoms with Crippen molar-refractivity contribution in [1.82, 2.24) is 9.44 Å². The summed E-state index contributed by atoms with van der Waals surface area (Å²) in [5.41, 5.74) is 0.802. The monoisotopic (exact) mass is 293 g/mol. The van der Waals surface area contributed by atoms with Crippen LogP contribution in [0, 0.1) is 11.3 Å². The first kappa shape index (κ1) is 15.4. The fourth-order valence-electron chi connectivity index (χ4n) is 1.16. The molecule has 0 spiro atoms. The Bertz CT molecular complexity index is 578. The highest BCUT2D eigenvalue weighted by Crippen LogP contribution is 2.12. The van der Waals surface area contributed by atoms with Gasteiger partial charge in [-0.25, -0.2) is 0 Å². The number of nitrogens with one attached hydrogen (secondary N) is 2. The molecule has 0 bridgehead atoms. The van der Waals surface area contributed by atoms with Gasteiger partial charge in [-0.15, -0.1) is 0 Å². The molecule has 0 fully saturated rings. The minimum Gasteiger partial charge on any atom is -0.198 e. The molecule has 0 heterocycles. The van der Waals surface area contributed by atoms with Crippen LogP contribution in [0.15, 0.2) is 24.3 Å². The van der Waals surface area contributed by atoms with Crippen LogP contribution < -0.4 is 9.44 Å². The molecule has 0 aliphatic carbocycles. The summed E-state index contributed by atoms with van der Waals surface area (Å²) in [5, 5.41) is 8.64. The topological polar surface area (TPSA) is 82.0 Å². The van der Waals surface area contributed by atoms with Crippen molar-refractivity contribution in [2.24, 2.45) is 0 Å². The van der Waals surface area contributed by atoms with Crippen LogP contribution in [0.2, 0.25) is 0 Å². The summed E-state index contributed by atoms with van der Waals surface area (Å²) in [4.78, 5) is 0. The Hall–Kier alpha value is -1.63. The maximum absolute atomic E-state index is 11.9. The maximum Gasteiger partial charge on any atom is 0.402 e. The molecule has 1 aromatic carbocycles. The number of rotatable bonds is 5. The lowest BCUT2D eigenvalue weighted by molar-refractivity contribution is -0.121. The van der Waals surface area contributed by atoms with Crippen molar-refractivity contribution in [3.8, 4) is 6.07 Å². The zero-order valence-electron chi connectivity index (χ0n) is 9.53. The summed E-state index contributed by atoms with van der Waals surface area (Å²) in [7, 11) is -4.24. The van der Waals surface area contributed by atoms with Crippen LogP contribution in [0.5, 0.6) is 0 Å². The van der Waals surface area contributed by atoms with Crippen molar-refractivity contribution in [2.75, 3.05) is 6.54 Å². The number of nitrogens with zero attached hydrogens (tertiary/aromatic N) is 1. The molecular weight excluding hydrogens is 283 g/mol. The highest BCUT2D eigenvalue weighted by Gasteiger charge is 2.29. The summed E-state index contributed by atoms with van der Waals surface area (Å²) in [6.45, 7) is -1.84. The van der Waals surface area contributed by atoms with Crippen LogP contribution in [0.1, 0.15) is 11.1 Å². The van der Waals surface area contributed by atoms with Gasteiger partial charge in [0.25, 0.3) is 10.2 Å². The molecule has 0 saturated carbocycles. The third kappa shape index (κ3) is 6.19. The Morgan fingerprint density at radius 3 is 2.53 bits per heavy atom. The van der Waals surface area contributed by atoms with Crippen LogP contribution in [-0.4, -0.2) is 21.1 Å². The molecule has 0 aromatic heterocycles. The summed E-state index contributed by atoms with van der Waals surface area (Å²) in [6.07, 6.45) is -4.62. The normalized spacial score (nSPS) is 12.1. The molecule has 0 atom stereocenters. The van der Waals surface area contributed by atoms with Gasteiger partial charge in [-0.1, -0.05) is 12.1 Å². The van der Waals surface area contributed by atoms with Crippen molar-refractivity contribution in [3.05, 3.63) is 35.4 Å². The van der Waals surface area contributed by atoms with E-state index in [1.807, 2.05) is 10.8 Å². The van der Waals surface area contributed by atoms with Gasteiger partial charge in [-0.05, 0) is 17.7 Å². The van der Waals surface area contributed by atoms with Crippen molar-refractivity contribution in [2.45, 2.75) is 12.7 Å². The molecule has 9 heteroatoms. The molecule has 0 saturated heterocycles. The van der Waals surface area contributed by atoms with Crippen LogP contribution in [0.3, 0.4) is 0 Å². The fourth-order valence-corrected chi connectivity index (χ4v) is 1.97. The third-order valence-electron chi connectivity index (χ3n) is 1.99. The quantitative estimate of drug-likeness (QED) is 0.851. The van der Waals surface area contributed by atoms with E-state index in [0.29, 0.717) is 11.1 Å². The van der Waals surface area contributed by atoms with Gasteiger partial charge in [0.2, 0.25) is 0 Å². The molecule has 0 unspecified atom stereocenters. The number of halogens is 3. The molecule has 0 aliphatic heterocycles. The van der Waals surface area contributed by atoms with Gasteiger partial charge in [0.05, 0.1) is 11.6 Å². The zero-order chi connectivity index (χ0) is 14.5. The molecule has 1 aromatic rings. The number of hydrogen-bond acceptors (Lipinski definition) is 3. The average Bonchev–Trinajstić information content (AvgIpc) is 2.34. The van der Waals surface area contributed by atoms with Gasteiger partial charge in [0, 0.05) is 6.54 Å². The fraction of sp³-hybridized carbons (Fsp3) is 0.300. The summed E-state index contributed by atoms with van der Waals surface area (Å²) < 4.78 is 61.3. The molecule has 0 radical (unpaired) electrons. The van der Waals surface area contributed by atoms with Gasteiger partial charge in [0.1, 0.15) is 6.54 Å². The van der Waals surface area contributed by atoms with Crippen molar-refractivity contribution in [3.63, 3.8) is 0 Å². The van der Waals surface area contributed by atoms with E-state index in [1.54, 1.807) is 12.1 Å². The van der Waals surface area contributed by atoms with E-state index < -0.39 is 22.9 Å². The molecule has 1 rings (SSSR count). The van der Waals surface area contributed by atoms with E-state index in [0.717, 1.165) is 0 Å². The van der Waals surface area contributed by atoms with E-state index in [-0.39, 0.29) is 6.54 Å². The molecule has 104 valence electrons. The largest absolute Gasteiger partial charge is 0.402 e. The predicted octanol–water partition coefficient (Wildman–Crippen LogP) is 1.04. The van der Waals surface area contributed by atoms with Crippen molar-refractivity contribution >= 4 is 10.2 Å². The molecule has 19 heavy (non-hydrogen) atoms. The van der Waals surface area contributed by atoms with E-state index in [2.05, 4.69) is 0 Å². The summed E-state index contributed by atoms with van der Waals surface area (Å²) >= 11 is 0. The van der Waals surface area contributed by atoms with Gasteiger partial charge in [-0.3, -0.25) is 0 Å². The number of nitriles is 1. The molecular formula is C10H10F3N3O2S. The number of benzene rings is 1. The minimum atomic E-state index is -4.62. The lowest BCUT2D eigenvalue weighted by atomic mass is 10.1. The minimum absolute atomic E-state index is 0.206. The molecule has 2 N–H and O–H groups in total.